The van der Waals surface area contributed by atoms with Crippen molar-refractivity contribution in [2.45, 2.75) is 45.7 Å². The summed E-state index contributed by atoms with van der Waals surface area (Å²) in [6.07, 6.45) is 6.10. The van der Waals surface area contributed by atoms with Crippen LogP contribution in [0.25, 0.3) is 5.65 Å². The lowest BCUT2D eigenvalue weighted by molar-refractivity contribution is 0.378. The van der Waals surface area contributed by atoms with Crippen molar-refractivity contribution in [3.8, 4) is 0 Å². The van der Waals surface area contributed by atoms with Gasteiger partial charge in [0.1, 0.15) is 5.82 Å². The predicted octanol–water partition coefficient (Wildman–Crippen LogP) is 3.06. The topological polar surface area (TPSA) is 58.4 Å². The van der Waals surface area contributed by atoms with Gasteiger partial charge >= 0.3 is 0 Å². The molecule has 0 radical (unpaired) electrons. The van der Waals surface area contributed by atoms with Gasteiger partial charge in [-0.25, -0.2) is 14.5 Å². The zero-order valence-electron chi connectivity index (χ0n) is 15.7. The fourth-order valence-electron chi connectivity index (χ4n) is 3.86. The van der Waals surface area contributed by atoms with Crippen molar-refractivity contribution in [2.75, 3.05) is 18.0 Å². The highest BCUT2D eigenvalue weighted by Gasteiger charge is 2.22. The van der Waals surface area contributed by atoms with Gasteiger partial charge in [0.05, 0.1) is 5.69 Å². The molecule has 26 heavy (non-hydrogen) atoms. The third-order valence-electron chi connectivity index (χ3n) is 5.30. The zero-order valence-corrected chi connectivity index (χ0v) is 15.7. The van der Waals surface area contributed by atoms with E-state index in [1.165, 1.54) is 5.56 Å². The Kier molecular flexibility index (Phi) is 4.59. The summed E-state index contributed by atoms with van der Waals surface area (Å²) in [5, 5.41) is 8.35. The van der Waals surface area contributed by atoms with Crippen LogP contribution in [0, 0.1) is 13.8 Å². The summed E-state index contributed by atoms with van der Waals surface area (Å²) in [5.41, 5.74) is 4.29. The number of pyridine rings is 1. The first kappa shape index (κ1) is 17.0. The SMILES string of the molecule is Cc1cc2ncc(C(C)NC3CCN(c4ccccn4)CC3)c(C)n2n1. The molecule has 0 amide bonds. The fourth-order valence-corrected chi connectivity index (χ4v) is 3.86. The number of nitrogens with one attached hydrogen (secondary N) is 1. The van der Waals surface area contributed by atoms with E-state index in [1.54, 1.807) is 0 Å². The van der Waals surface area contributed by atoms with Crippen LogP contribution in [-0.2, 0) is 0 Å². The van der Waals surface area contributed by atoms with Crippen LogP contribution >= 0.6 is 0 Å². The summed E-state index contributed by atoms with van der Waals surface area (Å²) in [6.45, 7) is 8.42. The number of aryl methyl sites for hydroxylation is 2. The molecule has 6 heteroatoms. The maximum absolute atomic E-state index is 4.57. The Hall–Kier alpha value is -2.47. The zero-order chi connectivity index (χ0) is 18.1. The van der Waals surface area contributed by atoms with Gasteiger partial charge in [0.25, 0.3) is 0 Å². The number of piperidine rings is 1. The number of fused-ring (bicyclic) bond motifs is 1. The monoisotopic (exact) mass is 350 g/mol. The second-order valence-electron chi connectivity index (χ2n) is 7.19. The summed E-state index contributed by atoms with van der Waals surface area (Å²) < 4.78 is 1.95. The normalized spacial score (nSPS) is 17.0. The Labute approximate surface area is 154 Å². The molecule has 1 saturated heterocycles. The number of rotatable bonds is 4. The molecule has 4 heterocycles. The van der Waals surface area contributed by atoms with Crippen LogP contribution in [0.15, 0.2) is 36.7 Å². The summed E-state index contributed by atoms with van der Waals surface area (Å²) in [4.78, 5) is 11.4. The number of hydrogen-bond acceptors (Lipinski definition) is 5. The third kappa shape index (κ3) is 3.29. The molecule has 1 aliphatic heterocycles. The Balaban J connectivity index is 1.41. The molecule has 0 spiro atoms. The van der Waals surface area contributed by atoms with Crippen molar-refractivity contribution in [2.24, 2.45) is 0 Å². The minimum absolute atomic E-state index is 0.253. The van der Waals surface area contributed by atoms with E-state index in [1.807, 2.05) is 36.0 Å². The molecule has 1 fully saturated rings. The van der Waals surface area contributed by atoms with Gasteiger partial charge in [0.15, 0.2) is 5.65 Å². The molecule has 0 aromatic carbocycles. The first-order valence-corrected chi connectivity index (χ1v) is 9.36. The molecule has 0 aliphatic carbocycles. The number of hydrogen-bond donors (Lipinski definition) is 1. The quantitative estimate of drug-likeness (QED) is 0.784. The molecule has 1 unspecified atom stereocenters. The second kappa shape index (κ2) is 7.03. The highest BCUT2D eigenvalue weighted by molar-refractivity contribution is 5.42. The van der Waals surface area contributed by atoms with E-state index in [0.717, 1.165) is 48.8 Å². The summed E-state index contributed by atoms with van der Waals surface area (Å²) in [5.74, 6) is 1.08. The first-order valence-electron chi connectivity index (χ1n) is 9.36. The molecule has 4 rings (SSSR count). The van der Waals surface area contributed by atoms with Crippen molar-refractivity contribution >= 4 is 11.5 Å². The van der Waals surface area contributed by atoms with Crippen molar-refractivity contribution in [3.63, 3.8) is 0 Å². The standard InChI is InChI=1S/C20H26N6/c1-14-12-20-22-13-18(16(3)26(20)24-14)15(2)23-17-7-10-25(11-8-17)19-6-4-5-9-21-19/h4-6,9,12-13,15,17,23H,7-8,10-11H2,1-3H3. The van der Waals surface area contributed by atoms with E-state index in [0.29, 0.717) is 6.04 Å². The maximum atomic E-state index is 4.57. The molecule has 6 nitrogen and oxygen atoms in total. The van der Waals surface area contributed by atoms with Gasteiger partial charge in [-0.05, 0) is 45.7 Å². The molecular weight excluding hydrogens is 324 g/mol. The smallest absolute Gasteiger partial charge is 0.155 e. The largest absolute Gasteiger partial charge is 0.357 e. The Morgan fingerprint density at radius 2 is 1.96 bits per heavy atom. The van der Waals surface area contributed by atoms with E-state index in [4.69, 9.17) is 0 Å². The van der Waals surface area contributed by atoms with Crippen LogP contribution in [0.3, 0.4) is 0 Å². The molecule has 0 saturated carbocycles. The minimum Gasteiger partial charge on any atom is -0.357 e. The van der Waals surface area contributed by atoms with Crippen LogP contribution in [0.5, 0.6) is 0 Å². The first-order chi connectivity index (χ1) is 12.6. The molecule has 3 aromatic heterocycles. The summed E-state index contributed by atoms with van der Waals surface area (Å²) in [7, 11) is 0. The molecule has 136 valence electrons. The second-order valence-corrected chi connectivity index (χ2v) is 7.19. The minimum atomic E-state index is 0.253. The average molecular weight is 350 g/mol. The number of aromatic nitrogens is 4. The molecular formula is C20H26N6. The molecule has 1 N–H and O–H groups in total. The predicted molar refractivity (Wildman–Crippen MR) is 103 cm³/mol. The van der Waals surface area contributed by atoms with Crippen molar-refractivity contribution in [3.05, 3.63) is 53.6 Å². The van der Waals surface area contributed by atoms with Gasteiger partial charge in [0, 0.05) is 54.9 Å². The van der Waals surface area contributed by atoms with Crippen LogP contribution in [0.4, 0.5) is 5.82 Å². The van der Waals surface area contributed by atoms with Crippen LogP contribution < -0.4 is 10.2 Å². The molecule has 1 aliphatic rings. The lowest BCUT2D eigenvalue weighted by Gasteiger charge is -2.34. The highest BCUT2D eigenvalue weighted by Crippen LogP contribution is 2.22. The summed E-state index contributed by atoms with van der Waals surface area (Å²) >= 11 is 0. The van der Waals surface area contributed by atoms with Gasteiger partial charge in [-0.1, -0.05) is 6.07 Å². The van der Waals surface area contributed by atoms with E-state index >= 15 is 0 Å². The van der Waals surface area contributed by atoms with E-state index in [2.05, 4.69) is 51.3 Å². The molecule has 3 aromatic rings. The lowest BCUT2D eigenvalue weighted by atomic mass is 10.0. The third-order valence-corrected chi connectivity index (χ3v) is 5.30. The Bertz CT molecular complexity index is 880. The molecule has 1 atom stereocenters. The van der Waals surface area contributed by atoms with E-state index in [-0.39, 0.29) is 6.04 Å². The number of anilines is 1. The molecule has 0 bridgehead atoms. The summed E-state index contributed by atoms with van der Waals surface area (Å²) in [6, 6.07) is 8.89. The van der Waals surface area contributed by atoms with Gasteiger partial charge in [-0.2, -0.15) is 5.10 Å². The van der Waals surface area contributed by atoms with Gasteiger partial charge in [-0.15, -0.1) is 0 Å². The van der Waals surface area contributed by atoms with Crippen LogP contribution in [0.2, 0.25) is 0 Å². The lowest BCUT2D eigenvalue weighted by Crippen LogP contribution is -2.43. The van der Waals surface area contributed by atoms with Gasteiger partial charge in [0.2, 0.25) is 0 Å². The van der Waals surface area contributed by atoms with Crippen LogP contribution in [0.1, 0.15) is 42.8 Å². The fraction of sp³-hybridized carbons (Fsp3) is 0.450. The van der Waals surface area contributed by atoms with Crippen LogP contribution in [-0.4, -0.2) is 38.7 Å². The van der Waals surface area contributed by atoms with Crippen molar-refractivity contribution < 1.29 is 0 Å². The van der Waals surface area contributed by atoms with E-state index in [9.17, 15) is 0 Å². The van der Waals surface area contributed by atoms with Gasteiger partial charge < -0.3 is 10.2 Å². The average Bonchev–Trinajstić information content (AvgIpc) is 3.05. The highest BCUT2D eigenvalue weighted by atomic mass is 15.3. The van der Waals surface area contributed by atoms with Crippen molar-refractivity contribution in [1.29, 1.82) is 0 Å². The van der Waals surface area contributed by atoms with Crippen molar-refractivity contribution in [1.82, 2.24) is 24.9 Å². The maximum Gasteiger partial charge on any atom is 0.155 e. The van der Waals surface area contributed by atoms with Gasteiger partial charge in [-0.3, -0.25) is 0 Å². The van der Waals surface area contributed by atoms with E-state index < -0.39 is 0 Å². The Morgan fingerprint density at radius 3 is 2.69 bits per heavy atom. The number of nitrogens with zero attached hydrogens (tertiary/aromatic N) is 5. The Morgan fingerprint density at radius 1 is 1.15 bits per heavy atom.